The third kappa shape index (κ3) is 3.60. The third-order valence-corrected chi connectivity index (χ3v) is 4.50. The number of likely N-dealkylation sites (N-methyl/N-ethyl adjacent to an activating group) is 1. The van der Waals surface area contributed by atoms with Crippen LogP contribution in [-0.4, -0.2) is 53.0 Å². The zero-order valence-corrected chi connectivity index (χ0v) is 15.4. The quantitative estimate of drug-likeness (QED) is 0.776. The summed E-state index contributed by atoms with van der Waals surface area (Å²) >= 11 is 0. The Morgan fingerprint density at radius 2 is 1.92 bits per heavy atom. The smallest absolute Gasteiger partial charge is 0.294 e. The Morgan fingerprint density at radius 3 is 2.64 bits per heavy atom. The van der Waals surface area contributed by atoms with Gasteiger partial charge in [0.2, 0.25) is 5.58 Å². The highest BCUT2D eigenvalue weighted by Gasteiger charge is 2.17. The van der Waals surface area contributed by atoms with Crippen molar-refractivity contribution >= 4 is 22.1 Å². The Morgan fingerprint density at radius 1 is 1.20 bits per heavy atom. The molecule has 2 aromatic heterocycles. The SMILES string of the molecule is CC.Cc1ccc2oc3c(=O)[nH]c(CN4CCN(C)CC4)nc3c2c1. The van der Waals surface area contributed by atoms with Crippen molar-refractivity contribution in [1.82, 2.24) is 19.8 Å². The number of H-pyrrole nitrogens is 1. The van der Waals surface area contributed by atoms with E-state index in [2.05, 4.69) is 26.8 Å². The molecule has 134 valence electrons. The maximum atomic E-state index is 12.3. The third-order valence-electron chi connectivity index (χ3n) is 4.50. The average Bonchev–Trinajstić information content (AvgIpc) is 2.97. The summed E-state index contributed by atoms with van der Waals surface area (Å²) in [5, 5.41) is 0.908. The number of hydrogen-bond acceptors (Lipinski definition) is 5. The number of aryl methyl sites for hydroxylation is 1. The molecule has 6 nitrogen and oxygen atoms in total. The lowest BCUT2D eigenvalue weighted by molar-refractivity contribution is 0.145. The molecule has 25 heavy (non-hydrogen) atoms. The van der Waals surface area contributed by atoms with Crippen molar-refractivity contribution < 1.29 is 4.42 Å². The van der Waals surface area contributed by atoms with E-state index in [1.54, 1.807) is 0 Å². The number of rotatable bonds is 2. The number of aromatic nitrogens is 2. The number of aromatic amines is 1. The van der Waals surface area contributed by atoms with Crippen LogP contribution in [0.5, 0.6) is 0 Å². The van der Waals surface area contributed by atoms with E-state index in [-0.39, 0.29) is 5.56 Å². The summed E-state index contributed by atoms with van der Waals surface area (Å²) in [5.41, 5.74) is 2.61. The van der Waals surface area contributed by atoms with Crippen LogP contribution < -0.4 is 5.56 Å². The van der Waals surface area contributed by atoms with Gasteiger partial charge in [0.05, 0.1) is 6.54 Å². The van der Waals surface area contributed by atoms with Crippen molar-refractivity contribution in [3.8, 4) is 0 Å². The number of hydrogen-bond donors (Lipinski definition) is 1. The van der Waals surface area contributed by atoms with Crippen LogP contribution in [0.2, 0.25) is 0 Å². The Bertz CT molecular complexity index is 920. The van der Waals surface area contributed by atoms with Crippen molar-refractivity contribution in [3.63, 3.8) is 0 Å². The van der Waals surface area contributed by atoms with Gasteiger partial charge in [-0.15, -0.1) is 0 Å². The van der Waals surface area contributed by atoms with Gasteiger partial charge in [0.1, 0.15) is 16.9 Å². The molecule has 1 fully saturated rings. The first-order valence-corrected chi connectivity index (χ1v) is 8.93. The molecule has 0 spiro atoms. The van der Waals surface area contributed by atoms with Crippen LogP contribution in [-0.2, 0) is 6.54 Å². The average molecular weight is 342 g/mol. The molecular formula is C19H26N4O2. The van der Waals surface area contributed by atoms with E-state index in [0.29, 0.717) is 29.1 Å². The molecule has 0 bridgehead atoms. The first kappa shape index (κ1) is 17.6. The molecule has 1 saturated heterocycles. The first-order valence-electron chi connectivity index (χ1n) is 8.93. The summed E-state index contributed by atoms with van der Waals surface area (Å²) in [4.78, 5) is 24.5. The molecule has 1 N–H and O–H groups in total. The summed E-state index contributed by atoms with van der Waals surface area (Å²) in [6.07, 6.45) is 0. The van der Waals surface area contributed by atoms with Gasteiger partial charge in [-0.3, -0.25) is 9.69 Å². The fourth-order valence-corrected chi connectivity index (χ4v) is 3.11. The second-order valence-electron chi connectivity index (χ2n) is 6.37. The zero-order chi connectivity index (χ0) is 18.0. The summed E-state index contributed by atoms with van der Waals surface area (Å²) < 4.78 is 5.67. The Balaban J connectivity index is 0.000000880. The number of benzene rings is 1. The van der Waals surface area contributed by atoms with E-state index in [0.717, 1.165) is 37.1 Å². The molecule has 0 aliphatic carbocycles. The largest absolute Gasteiger partial charge is 0.449 e. The minimum atomic E-state index is -0.201. The van der Waals surface area contributed by atoms with E-state index in [9.17, 15) is 4.79 Å². The van der Waals surface area contributed by atoms with E-state index in [1.807, 2.05) is 39.0 Å². The Kier molecular flexibility index (Phi) is 5.20. The number of piperazine rings is 1. The number of fused-ring (bicyclic) bond motifs is 3. The topological polar surface area (TPSA) is 65.4 Å². The van der Waals surface area contributed by atoms with Gasteiger partial charge in [0.15, 0.2) is 0 Å². The van der Waals surface area contributed by atoms with Crippen LogP contribution in [0.4, 0.5) is 0 Å². The van der Waals surface area contributed by atoms with Crippen LogP contribution in [0.25, 0.3) is 22.1 Å². The van der Waals surface area contributed by atoms with Crippen LogP contribution in [0.15, 0.2) is 27.4 Å². The second kappa shape index (κ2) is 7.37. The molecule has 3 aromatic rings. The van der Waals surface area contributed by atoms with Crippen molar-refractivity contribution in [2.75, 3.05) is 33.2 Å². The molecule has 0 unspecified atom stereocenters. The minimum absolute atomic E-state index is 0.201. The van der Waals surface area contributed by atoms with Crippen LogP contribution in [0.1, 0.15) is 25.2 Å². The van der Waals surface area contributed by atoms with Crippen LogP contribution in [0.3, 0.4) is 0 Å². The Hall–Kier alpha value is -2.18. The lowest BCUT2D eigenvalue weighted by atomic mass is 10.2. The summed E-state index contributed by atoms with van der Waals surface area (Å²) in [6, 6.07) is 5.89. The molecule has 3 heterocycles. The highest BCUT2D eigenvalue weighted by molar-refractivity contribution is 6.02. The van der Waals surface area contributed by atoms with E-state index in [1.165, 1.54) is 0 Å². The molecular weight excluding hydrogens is 316 g/mol. The predicted octanol–water partition coefficient (Wildman–Crippen LogP) is 2.75. The predicted molar refractivity (Wildman–Crippen MR) is 101 cm³/mol. The van der Waals surface area contributed by atoms with Crippen molar-refractivity contribution in [3.05, 3.63) is 39.9 Å². The summed E-state index contributed by atoms with van der Waals surface area (Å²) in [7, 11) is 2.13. The van der Waals surface area contributed by atoms with Crippen molar-refractivity contribution in [1.29, 1.82) is 0 Å². The van der Waals surface area contributed by atoms with Crippen molar-refractivity contribution in [2.45, 2.75) is 27.3 Å². The van der Waals surface area contributed by atoms with Gasteiger partial charge < -0.3 is 14.3 Å². The zero-order valence-electron chi connectivity index (χ0n) is 15.4. The van der Waals surface area contributed by atoms with Gasteiger partial charge in [-0.2, -0.15) is 0 Å². The van der Waals surface area contributed by atoms with Crippen LogP contribution >= 0.6 is 0 Å². The highest BCUT2D eigenvalue weighted by Crippen LogP contribution is 2.25. The lowest BCUT2D eigenvalue weighted by Gasteiger charge is -2.31. The molecule has 1 aromatic carbocycles. The fraction of sp³-hybridized carbons (Fsp3) is 0.474. The van der Waals surface area contributed by atoms with Gasteiger partial charge in [-0.25, -0.2) is 4.98 Å². The molecule has 6 heteroatoms. The van der Waals surface area contributed by atoms with E-state index < -0.39 is 0 Å². The molecule has 0 atom stereocenters. The molecule has 4 rings (SSSR count). The maximum Gasteiger partial charge on any atom is 0.294 e. The molecule has 0 radical (unpaired) electrons. The monoisotopic (exact) mass is 342 g/mol. The van der Waals surface area contributed by atoms with Crippen LogP contribution in [0, 0.1) is 6.92 Å². The fourth-order valence-electron chi connectivity index (χ4n) is 3.11. The maximum absolute atomic E-state index is 12.3. The molecule has 0 amide bonds. The number of nitrogens with zero attached hydrogens (tertiary/aromatic N) is 3. The number of furan rings is 1. The Labute approximate surface area is 147 Å². The minimum Gasteiger partial charge on any atom is -0.449 e. The first-order chi connectivity index (χ1) is 12.1. The second-order valence-corrected chi connectivity index (χ2v) is 6.37. The van der Waals surface area contributed by atoms with E-state index >= 15 is 0 Å². The molecule has 1 aliphatic heterocycles. The van der Waals surface area contributed by atoms with Gasteiger partial charge >= 0.3 is 0 Å². The summed E-state index contributed by atoms with van der Waals surface area (Å²) in [5.74, 6) is 0.705. The lowest BCUT2D eigenvalue weighted by Crippen LogP contribution is -2.44. The highest BCUT2D eigenvalue weighted by atomic mass is 16.3. The number of nitrogens with one attached hydrogen (secondary N) is 1. The van der Waals surface area contributed by atoms with E-state index in [4.69, 9.17) is 4.42 Å². The van der Waals surface area contributed by atoms with Gasteiger partial charge in [-0.05, 0) is 26.1 Å². The van der Waals surface area contributed by atoms with Gasteiger partial charge in [-0.1, -0.05) is 25.5 Å². The van der Waals surface area contributed by atoms with Gasteiger partial charge in [0.25, 0.3) is 5.56 Å². The normalized spacial score (nSPS) is 16.2. The molecule has 0 saturated carbocycles. The van der Waals surface area contributed by atoms with Crippen molar-refractivity contribution in [2.24, 2.45) is 0 Å². The molecule has 1 aliphatic rings. The summed E-state index contributed by atoms with van der Waals surface area (Å²) in [6.45, 7) is 10.8. The van der Waals surface area contributed by atoms with Gasteiger partial charge in [0, 0.05) is 31.6 Å². The standard InChI is InChI=1S/C17H20N4O2.C2H6/c1-11-3-4-13-12(9-11)15-16(23-13)17(22)19-14(18-15)10-21-7-5-20(2)6-8-21;1-2/h3-4,9H,5-8,10H2,1-2H3,(H,18,19,22);1-2H3.